The molecule has 31 heavy (non-hydrogen) atoms. The lowest BCUT2D eigenvalue weighted by molar-refractivity contribution is 0.0474. The van der Waals surface area contributed by atoms with E-state index in [0.29, 0.717) is 22.5 Å². The number of hydrogen-bond acceptors (Lipinski definition) is 3. The van der Waals surface area contributed by atoms with Gasteiger partial charge >= 0.3 is 0 Å². The van der Waals surface area contributed by atoms with Crippen LogP contribution in [-0.4, -0.2) is 15.2 Å². The molecule has 0 aliphatic carbocycles. The normalized spacial score (nSPS) is 16.8. The van der Waals surface area contributed by atoms with Crippen molar-refractivity contribution < 1.29 is 4.74 Å². The molecule has 0 radical (unpaired) electrons. The second-order valence-corrected chi connectivity index (χ2v) is 9.66. The number of ether oxygens (including phenoxy) is 1. The maximum atomic E-state index is 13.6. The summed E-state index contributed by atoms with van der Waals surface area (Å²) in [4.78, 5) is 14.1. The predicted octanol–water partition coefficient (Wildman–Crippen LogP) is 5.43. The van der Waals surface area contributed by atoms with Gasteiger partial charge in [-0.15, -0.1) is 0 Å². The maximum absolute atomic E-state index is 13.6. The minimum Gasteiger partial charge on any atom is -0.483 e. The van der Waals surface area contributed by atoms with Gasteiger partial charge in [-0.2, -0.15) is 0 Å². The van der Waals surface area contributed by atoms with Crippen molar-refractivity contribution in [3.05, 3.63) is 74.1 Å². The Morgan fingerprint density at radius 2 is 1.74 bits per heavy atom. The van der Waals surface area contributed by atoms with Crippen molar-refractivity contribution in [3.8, 4) is 5.75 Å². The molecule has 5 heteroatoms. The van der Waals surface area contributed by atoms with Gasteiger partial charge in [-0.05, 0) is 70.7 Å². The Kier molecular flexibility index (Phi) is 5.21. The van der Waals surface area contributed by atoms with Gasteiger partial charge in [0, 0.05) is 12.7 Å². The highest BCUT2D eigenvalue weighted by molar-refractivity contribution is 7.80. The van der Waals surface area contributed by atoms with Crippen LogP contribution in [0.5, 0.6) is 5.75 Å². The van der Waals surface area contributed by atoms with E-state index in [1.807, 2.05) is 13.1 Å². The number of nitrogens with zero attached hydrogens (tertiary/aromatic N) is 1. The van der Waals surface area contributed by atoms with Crippen molar-refractivity contribution in [3.63, 3.8) is 0 Å². The summed E-state index contributed by atoms with van der Waals surface area (Å²) >= 11 is 5.70. The van der Waals surface area contributed by atoms with Crippen LogP contribution < -0.4 is 15.5 Å². The van der Waals surface area contributed by atoms with E-state index in [1.165, 1.54) is 5.56 Å². The molecule has 0 spiro atoms. The number of rotatable bonds is 3. The van der Waals surface area contributed by atoms with Crippen molar-refractivity contribution in [1.82, 2.24) is 9.88 Å². The summed E-state index contributed by atoms with van der Waals surface area (Å²) < 4.78 is 8.62. The zero-order valence-electron chi connectivity index (χ0n) is 19.3. The van der Waals surface area contributed by atoms with Crippen molar-refractivity contribution in [2.24, 2.45) is 0 Å². The van der Waals surface area contributed by atoms with E-state index in [0.717, 1.165) is 33.5 Å². The highest BCUT2D eigenvalue weighted by Gasteiger charge is 2.37. The molecular weight excluding hydrogens is 404 g/mol. The summed E-state index contributed by atoms with van der Waals surface area (Å²) in [5.41, 5.74) is 6.49. The minimum atomic E-state index is -0.407. The average Bonchev–Trinajstić information content (AvgIpc) is 2.73. The Bertz CT molecular complexity index is 1270. The molecule has 0 amide bonds. The van der Waals surface area contributed by atoms with E-state index in [2.05, 4.69) is 75.7 Å². The third-order valence-corrected chi connectivity index (χ3v) is 7.26. The summed E-state index contributed by atoms with van der Waals surface area (Å²) in [5, 5.41) is 4.00. The molecule has 1 N–H and O–H groups in total. The molecular formula is C26H30N2O2S. The highest BCUT2D eigenvalue weighted by atomic mass is 32.1. The molecule has 1 atom stereocenters. The SMILES string of the molecule is Cc1ccc(CNC(=S)c2cn3c4c(c(C)c(C)c(C)c4c2=O)OC(C)(C)C3C)cc1. The lowest BCUT2D eigenvalue weighted by Crippen LogP contribution is -2.42. The number of nitrogens with one attached hydrogen (secondary N) is 1. The van der Waals surface area contributed by atoms with Crippen LogP contribution in [0.4, 0.5) is 0 Å². The molecule has 1 aliphatic heterocycles. The number of aryl methyl sites for hydroxylation is 2. The van der Waals surface area contributed by atoms with Crippen LogP contribution in [0.25, 0.3) is 10.9 Å². The molecule has 2 heterocycles. The van der Waals surface area contributed by atoms with Crippen LogP contribution in [0, 0.1) is 27.7 Å². The minimum absolute atomic E-state index is 0.0370. The number of pyridine rings is 1. The number of thiocarbonyl (C=S) groups is 1. The summed E-state index contributed by atoms with van der Waals surface area (Å²) in [5.74, 6) is 0.809. The van der Waals surface area contributed by atoms with Crippen LogP contribution in [0.15, 0.2) is 35.3 Å². The van der Waals surface area contributed by atoms with Crippen LogP contribution >= 0.6 is 12.2 Å². The van der Waals surface area contributed by atoms with Crippen molar-refractivity contribution in [1.29, 1.82) is 0 Å². The zero-order valence-corrected chi connectivity index (χ0v) is 20.2. The van der Waals surface area contributed by atoms with E-state index < -0.39 is 5.60 Å². The first-order valence-electron chi connectivity index (χ1n) is 10.7. The summed E-state index contributed by atoms with van der Waals surface area (Å²) in [6, 6.07) is 8.35. The third-order valence-electron chi connectivity index (χ3n) is 6.90. The van der Waals surface area contributed by atoms with Gasteiger partial charge in [0.2, 0.25) is 0 Å². The molecule has 3 aromatic rings. The topological polar surface area (TPSA) is 43.3 Å². The molecule has 162 valence electrons. The van der Waals surface area contributed by atoms with Crippen LogP contribution in [0.2, 0.25) is 0 Å². The van der Waals surface area contributed by atoms with Gasteiger partial charge < -0.3 is 14.6 Å². The van der Waals surface area contributed by atoms with Gasteiger partial charge in [-0.1, -0.05) is 42.0 Å². The van der Waals surface area contributed by atoms with Gasteiger partial charge in [0.1, 0.15) is 16.3 Å². The number of hydrogen-bond donors (Lipinski definition) is 1. The van der Waals surface area contributed by atoms with Crippen LogP contribution in [0.3, 0.4) is 0 Å². The summed E-state index contributed by atoms with van der Waals surface area (Å²) in [6.45, 7) is 15.1. The molecule has 1 aromatic heterocycles. The maximum Gasteiger partial charge on any atom is 0.199 e. The third kappa shape index (κ3) is 3.45. The average molecular weight is 435 g/mol. The first-order valence-corrected chi connectivity index (χ1v) is 11.1. The van der Waals surface area contributed by atoms with Gasteiger partial charge in [0.25, 0.3) is 0 Å². The monoisotopic (exact) mass is 434 g/mol. The molecule has 4 rings (SSSR count). The smallest absolute Gasteiger partial charge is 0.199 e. The van der Waals surface area contributed by atoms with E-state index in [9.17, 15) is 4.79 Å². The Hall–Kier alpha value is -2.66. The molecule has 2 aromatic carbocycles. The quantitative estimate of drug-likeness (QED) is 0.558. The van der Waals surface area contributed by atoms with Gasteiger partial charge in [-0.3, -0.25) is 4.79 Å². The van der Waals surface area contributed by atoms with Crippen molar-refractivity contribution in [2.75, 3.05) is 0 Å². The van der Waals surface area contributed by atoms with Crippen molar-refractivity contribution >= 4 is 28.1 Å². The molecule has 1 aliphatic rings. The predicted molar refractivity (Wildman–Crippen MR) is 132 cm³/mol. The Morgan fingerprint density at radius 3 is 2.39 bits per heavy atom. The highest BCUT2D eigenvalue weighted by Crippen LogP contribution is 2.43. The molecule has 4 nitrogen and oxygen atoms in total. The fourth-order valence-corrected chi connectivity index (χ4v) is 4.51. The molecule has 0 saturated heterocycles. The van der Waals surface area contributed by atoms with Gasteiger partial charge in [0.15, 0.2) is 5.43 Å². The Labute approximate surface area is 189 Å². The second-order valence-electron chi connectivity index (χ2n) is 9.26. The lowest BCUT2D eigenvalue weighted by atomic mass is 9.91. The number of benzene rings is 2. The first kappa shape index (κ1) is 21.6. The zero-order chi connectivity index (χ0) is 22.7. The fraction of sp³-hybridized carbons (Fsp3) is 0.385. The van der Waals surface area contributed by atoms with Gasteiger partial charge in [0.05, 0.1) is 22.5 Å². The van der Waals surface area contributed by atoms with Gasteiger partial charge in [-0.25, -0.2) is 0 Å². The first-order chi connectivity index (χ1) is 14.5. The number of aromatic nitrogens is 1. The van der Waals surface area contributed by atoms with E-state index >= 15 is 0 Å². The summed E-state index contributed by atoms with van der Waals surface area (Å²) in [6.07, 6.45) is 1.92. The van der Waals surface area contributed by atoms with E-state index in [1.54, 1.807) is 0 Å². The van der Waals surface area contributed by atoms with Crippen molar-refractivity contribution in [2.45, 2.75) is 66.7 Å². The summed E-state index contributed by atoms with van der Waals surface area (Å²) in [7, 11) is 0. The molecule has 0 fully saturated rings. The Morgan fingerprint density at radius 1 is 1.10 bits per heavy atom. The van der Waals surface area contributed by atoms with Crippen LogP contribution in [-0.2, 0) is 6.54 Å². The fourth-order valence-electron chi connectivity index (χ4n) is 4.29. The van der Waals surface area contributed by atoms with E-state index in [-0.39, 0.29) is 11.5 Å². The lowest BCUT2D eigenvalue weighted by Gasteiger charge is -2.41. The van der Waals surface area contributed by atoms with Crippen LogP contribution in [0.1, 0.15) is 60.2 Å². The van der Waals surface area contributed by atoms with E-state index in [4.69, 9.17) is 17.0 Å². The standard InChI is InChI=1S/C26H30N2O2S/c1-14-8-10-19(11-9-14)12-27-25(31)20-13-28-18(5)26(6,7)30-24-17(4)15(2)16(3)21(22(24)28)23(20)29/h8-11,13,18H,12H2,1-7H3,(H,27,31). The molecule has 0 saturated carbocycles. The molecule has 1 unspecified atom stereocenters. The molecule has 0 bridgehead atoms. The second kappa shape index (κ2) is 7.49. The Balaban J connectivity index is 1.86. The largest absolute Gasteiger partial charge is 0.483 e.